The van der Waals surface area contributed by atoms with Gasteiger partial charge in [-0.2, -0.15) is 0 Å². The van der Waals surface area contributed by atoms with Gasteiger partial charge in [-0.05, 0) is 40.8 Å². The first-order chi connectivity index (χ1) is 9.83. The summed E-state index contributed by atoms with van der Waals surface area (Å²) in [4.78, 5) is 12.2. The molecule has 0 spiro atoms. The lowest BCUT2D eigenvalue weighted by atomic mass is 10.2. The average molecular weight is 265 g/mol. The van der Waals surface area contributed by atoms with Crippen LogP contribution in [0.5, 0.6) is 0 Å². The second-order valence-corrected chi connectivity index (χ2v) is 4.12. The molecule has 1 amide bonds. The van der Waals surface area contributed by atoms with E-state index in [2.05, 4.69) is 20.8 Å². The number of carbonyl (C=O) groups is 1. The van der Waals surface area contributed by atoms with E-state index in [-0.39, 0.29) is 5.91 Å². The van der Waals surface area contributed by atoms with Crippen molar-refractivity contribution in [2.24, 2.45) is 0 Å². The number of aromatic nitrogens is 4. The van der Waals surface area contributed by atoms with Crippen molar-refractivity contribution in [2.75, 3.05) is 5.32 Å². The summed E-state index contributed by atoms with van der Waals surface area (Å²) in [5.74, 6) is -0.175. The monoisotopic (exact) mass is 265 g/mol. The number of hydrogen-bond acceptors (Lipinski definition) is 4. The third-order valence-corrected chi connectivity index (χ3v) is 2.75. The maximum atomic E-state index is 12.2. The highest BCUT2D eigenvalue weighted by Crippen LogP contribution is 2.12. The van der Waals surface area contributed by atoms with E-state index in [1.54, 1.807) is 18.2 Å². The van der Waals surface area contributed by atoms with Crippen molar-refractivity contribution in [3.05, 3.63) is 66.5 Å². The van der Waals surface area contributed by atoms with Crippen LogP contribution in [0.2, 0.25) is 0 Å². The fraction of sp³-hybridized carbons (Fsp3) is 0. The Morgan fingerprint density at radius 3 is 2.65 bits per heavy atom. The molecule has 6 nitrogen and oxygen atoms in total. The molecule has 0 aliphatic rings. The molecular weight excluding hydrogens is 254 g/mol. The third-order valence-electron chi connectivity index (χ3n) is 2.75. The van der Waals surface area contributed by atoms with Crippen LogP contribution in [0.1, 0.15) is 10.4 Å². The third kappa shape index (κ3) is 2.54. The highest BCUT2D eigenvalue weighted by atomic mass is 16.1. The molecule has 0 unspecified atom stereocenters. The summed E-state index contributed by atoms with van der Waals surface area (Å²) in [6, 6.07) is 16.4. The first kappa shape index (κ1) is 12.0. The number of hydrogen-bond donors (Lipinski definition) is 1. The fourth-order valence-corrected chi connectivity index (χ4v) is 1.79. The Hall–Kier alpha value is -3.02. The summed E-state index contributed by atoms with van der Waals surface area (Å²) >= 11 is 0. The molecule has 3 rings (SSSR count). The van der Waals surface area contributed by atoms with Gasteiger partial charge in [0.05, 0.1) is 5.69 Å². The van der Waals surface area contributed by atoms with Gasteiger partial charge < -0.3 is 5.32 Å². The highest BCUT2D eigenvalue weighted by molar-refractivity contribution is 6.04. The Morgan fingerprint density at radius 2 is 1.90 bits per heavy atom. The lowest BCUT2D eigenvalue weighted by molar-refractivity contribution is 0.102. The van der Waals surface area contributed by atoms with Crippen molar-refractivity contribution in [1.82, 2.24) is 20.2 Å². The summed E-state index contributed by atoms with van der Waals surface area (Å²) in [5.41, 5.74) is 2.03. The highest BCUT2D eigenvalue weighted by Gasteiger charge is 2.07. The Balaban J connectivity index is 1.84. The van der Waals surface area contributed by atoms with Crippen LogP contribution in [0.3, 0.4) is 0 Å². The van der Waals surface area contributed by atoms with Crippen molar-refractivity contribution >= 4 is 11.6 Å². The molecule has 0 bridgehead atoms. The number of benzene rings is 2. The fourth-order valence-electron chi connectivity index (χ4n) is 1.79. The van der Waals surface area contributed by atoms with E-state index in [0.29, 0.717) is 5.56 Å². The maximum absolute atomic E-state index is 12.2. The minimum Gasteiger partial charge on any atom is -0.322 e. The van der Waals surface area contributed by atoms with Crippen LogP contribution in [0, 0.1) is 0 Å². The maximum Gasteiger partial charge on any atom is 0.255 e. The van der Waals surface area contributed by atoms with Crippen molar-refractivity contribution in [3.63, 3.8) is 0 Å². The Morgan fingerprint density at radius 1 is 1.05 bits per heavy atom. The van der Waals surface area contributed by atoms with E-state index < -0.39 is 0 Å². The average Bonchev–Trinajstić information content (AvgIpc) is 3.03. The molecule has 1 heterocycles. The van der Waals surface area contributed by atoms with Crippen LogP contribution in [0.15, 0.2) is 60.9 Å². The van der Waals surface area contributed by atoms with Crippen molar-refractivity contribution in [2.45, 2.75) is 0 Å². The number of tetrazole rings is 1. The van der Waals surface area contributed by atoms with Crippen molar-refractivity contribution in [1.29, 1.82) is 0 Å². The van der Waals surface area contributed by atoms with E-state index in [1.807, 2.05) is 36.4 Å². The molecule has 6 heteroatoms. The van der Waals surface area contributed by atoms with Gasteiger partial charge in [-0.1, -0.05) is 24.3 Å². The minimum absolute atomic E-state index is 0.175. The predicted molar refractivity (Wildman–Crippen MR) is 73.5 cm³/mol. The number of para-hydroxylation sites is 1. The van der Waals surface area contributed by atoms with E-state index in [1.165, 1.54) is 11.0 Å². The number of rotatable bonds is 3. The van der Waals surface area contributed by atoms with Gasteiger partial charge in [0.25, 0.3) is 5.91 Å². The summed E-state index contributed by atoms with van der Waals surface area (Å²) in [6.07, 6.45) is 1.48. The summed E-state index contributed by atoms with van der Waals surface area (Å²) in [6.45, 7) is 0. The van der Waals surface area contributed by atoms with Gasteiger partial charge in [-0.15, -0.1) is 5.10 Å². The standard InChI is InChI=1S/C14H11N5O/c20-14(16-12-6-2-1-3-7-12)11-5-4-8-13(9-11)19-10-15-17-18-19/h1-10H,(H,16,20). The zero-order valence-corrected chi connectivity index (χ0v) is 10.5. The number of amides is 1. The van der Waals surface area contributed by atoms with Gasteiger partial charge in [0.2, 0.25) is 0 Å². The molecule has 0 radical (unpaired) electrons. The quantitative estimate of drug-likeness (QED) is 0.785. The molecule has 1 N–H and O–H groups in total. The zero-order chi connectivity index (χ0) is 13.8. The van der Waals surface area contributed by atoms with Crippen molar-refractivity contribution in [3.8, 4) is 5.69 Å². The largest absolute Gasteiger partial charge is 0.322 e. The molecule has 3 aromatic rings. The Bertz CT molecular complexity index is 709. The number of nitrogens with zero attached hydrogens (tertiary/aromatic N) is 4. The van der Waals surface area contributed by atoms with Crippen LogP contribution < -0.4 is 5.32 Å². The van der Waals surface area contributed by atoms with Gasteiger partial charge in [-0.3, -0.25) is 4.79 Å². The minimum atomic E-state index is -0.175. The molecule has 0 fully saturated rings. The van der Waals surface area contributed by atoms with E-state index in [4.69, 9.17) is 0 Å². The lowest BCUT2D eigenvalue weighted by Gasteiger charge is -2.06. The van der Waals surface area contributed by atoms with Crippen LogP contribution in [-0.4, -0.2) is 26.1 Å². The SMILES string of the molecule is O=C(Nc1ccccc1)c1cccc(-n2cnnn2)c1. The van der Waals surface area contributed by atoms with Gasteiger partial charge in [-0.25, -0.2) is 4.68 Å². The first-order valence-electron chi connectivity index (χ1n) is 6.03. The normalized spacial score (nSPS) is 10.2. The van der Waals surface area contributed by atoms with Crippen LogP contribution in [-0.2, 0) is 0 Å². The van der Waals surface area contributed by atoms with E-state index >= 15 is 0 Å². The van der Waals surface area contributed by atoms with Gasteiger partial charge in [0.15, 0.2) is 0 Å². The van der Waals surface area contributed by atoms with E-state index in [9.17, 15) is 4.79 Å². The molecule has 98 valence electrons. The van der Waals surface area contributed by atoms with E-state index in [0.717, 1.165) is 11.4 Å². The number of anilines is 1. The molecule has 0 aliphatic heterocycles. The van der Waals surface area contributed by atoms with Crippen LogP contribution in [0.25, 0.3) is 5.69 Å². The first-order valence-corrected chi connectivity index (χ1v) is 6.03. The van der Waals surface area contributed by atoms with Crippen molar-refractivity contribution < 1.29 is 4.79 Å². The van der Waals surface area contributed by atoms with Crippen LogP contribution in [0.4, 0.5) is 5.69 Å². The van der Waals surface area contributed by atoms with Gasteiger partial charge >= 0.3 is 0 Å². The van der Waals surface area contributed by atoms with Crippen LogP contribution >= 0.6 is 0 Å². The molecule has 0 aliphatic carbocycles. The number of nitrogens with one attached hydrogen (secondary N) is 1. The summed E-state index contributed by atoms with van der Waals surface area (Å²) in [7, 11) is 0. The summed E-state index contributed by atoms with van der Waals surface area (Å²) < 4.78 is 1.50. The predicted octanol–water partition coefficient (Wildman–Crippen LogP) is 1.91. The Kier molecular flexibility index (Phi) is 3.20. The Labute approximate surface area is 115 Å². The zero-order valence-electron chi connectivity index (χ0n) is 10.5. The molecule has 0 saturated heterocycles. The van der Waals surface area contributed by atoms with Gasteiger partial charge in [0, 0.05) is 11.3 Å². The van der Waals surface area contributed by atoms with Gasteiger partial charge in [0.1, 0.15) is 6.33 Å². The lowest BCUT2D eigenvalue weighted by Crippen LogP contribution is -2.12. The molecular formula is C14H11N5O. The topological polar surface area (TPSA) is 72.7 Å². The molecule has 0 saturated carbocycles. The molecule has 20 heavy (non-hydrogen) atoms. The summed E-state index contributed by atoms with van der Waals surface area (Å²) in [5, 5.41) is 13.8. The second kappa shape index (κ2) is 5.31. The number of carbonyl (C=O) groups excluding carboxylic acids is 1. The molecule has 0 atom stereocenters. The second-order valence-electron chi connectivity index (χ2n) is 4.12. The molecule has 1 aromatic heterocycles. The molecule has 2 aromatic carbocycles. The smallest absolute Gasteiger partial charge is 0.255 e.